The van der Waals surface area contributed by atoms with Crippen LogP contribution < -0.4 is 4.74 Å². The Bertz CT molecular complexity index is 1070. The van der Waals surface area contributed by atoms with Gasteiger partial charge in [0.05, 0.1) is 17.7 Å². The van der Waals surface area contributed by atoms with E-state index in [1.807, 2.05) is 19.0 Å². The smallest absolute Gasteiger partial charge is 0.172 e. The summed E-state index contributed by atoms with van der Waals surface area (Å²) in [7, 11) is 3.84. The van der Waals surface area contributed by atoms with E-state index in [0.29, 0.717) is 53.4 Å². The highest BCUT2D eigenvalue weighted by Crippen LogP contribution is 2.38. The van der Waals surface area contributed by atoms with Crippen molar-refractivity contribution in [3.63, 3.8) is 0 Å². The van der Waals surface area contributed by atoms with Gasteiger partial charge in [-0.3, -0.25) is 9.59 Å². The summed E-state index contributed by atoms with van der Waals surface area (Å²) in [6, 6.07) is 6.65. The Labute approximate surface area is 161 Å². The summed E-state index contributed by atoms with van der Waals surface area (Å²) in [5, 5.41) is 5.74. The quantitative estimate of drug-likeness (QED) is 0.627. The van der Waals surface area contributed by atoms with Crippen molar-refractivity contribution in [2.24, 2.45) is 0 Å². The normalized spacial score (nSPS) is 17.8. The average Bonchev–Trinajstić information content (AvgIpc) is 3.07. The molecule has 1 saturated carbocycles. The van der Waals surface area contributed by atoms with E-state index in [9.17, 15) is 9.59 Å². The predicted octanol–water partition coefficient (Wildman–Crippen LogP) is 3.47. The maximum atomic E-state index is 15.0. The maximum absolute atomic E-state index is 15.0. The second-order valence-electron chi connectivity index (χ2n) is 7.40. The fraction of sp³-hybridized carbons (Fsp3) is 0.381. The zero-order chi connectivity index (χ0) is 19.8. The lowest BCUT2D eigenvalue weighted by Crippen LogP contribution is -2.23. The van der Waals surface area contributed by atoms with Gasteiger partial charge in [0.1, 0.15) is 23.9 Å². The Kier molecular flexibility index (Phi) is 4.85. The fourth-order valence-electron chi connectivity index (χ4n) is 3.66. The van der Waals surface area contributed by atoms with Crippen LogP contribution in [0.25, 0.3) is 21.7 Å². The van der Waals surface area contributed by atoms with Gasteiger partial charge in [-0.25, -0.2) is 4.39 Å². The number of fused-ring (bicyclic) bond motifs is 3. The van der Waals surface area contributed by atoms with E-state index in [0.717, 1.165) is 0 Å². The molecule has 1 fully saturated rings. The van der Waals surface area contributed by atoms with Crippen molar-refractivity contribution in [1.82, 2.24) is 10.1 Å². The molecule has 0 radical (unpaired) electrons. The lowest BCUT2D eigenvalue weighted by Gasteiger charge is -2.18. The summed E-state index contributed by atoms with van der Waals surface area (Å²) in [6.45, 7) is 1.05. The van der Waals surface area contributed by atoms with Gasteiger partial charge in [0.2, 0.25) is 0 Å². The van der Waals surface area contributed by atoms with Crippen LogP contribution in [0.15, 0.2) is 28.8 Å². The molecule has 2 aromatic carbocycles. The van der Waals surface area contributed by atoms with Gasteiger partial charge in [-0.2, -0.15) is 0 Å². The molecule has 0 unspecified atom stereocenters. The van der Waals surface area contributed by atoms with E-state index < -0.39 is 11.7 Å². The number of ether oxygens (including phenoxy) is 1. The first-order valence-electron chi connectivity index (χ1n) is 9.28. The van der Waals surface area contributed by atoms with Crippen LogP contribution in [0.2, 0.25) is 0 Å². The Morgan fingerprint density at radius 3 is 2.75 bits per heavy atom. The van der Waals surface area contributed by atoms with Crippen molar-refractivity contribution in [2.75, 3.05) is 27.2 Å². The highest BCUT2D eigenvalue weighted by molar-refractivity contribution is 6.11. The first-order chi connectivity index (χ1) is 13.5. The third-order valence-electron chi connectivity index (χ3n) is 5.16. The molecule has 146 valence electrons. The number of carbonyl (C=O) groups is 2. The molecule has 0 aliphatic heterocycles. The number of aromatic nitrogens is 1. The van der Waals surface area contributed by atoms with E-state index in [4.69, 9.17) is 9.26 Å². The minimum Gasteiger partial charge on any atom is -0.489 e. The van der Waals surface area contributed by atoms with Gasteiger partial charge in [0.25, 0.3) is 0 Å². The Hall–Kier alpha value is -2.80. The van der Waals surface area contributed by atoms with E-state index in [2.05, 4.69) is 5.16 Å². The summed E-state index contributed by atoms with van der Waals surface area (Å²) in [4.78, 5) is 25.9. The van der Waals surface area contributed by atoms with Gasteiger partial charge in [-0.15, -0.1) is 0 Å². The van der Waals surface area contributed by atoms with Gasteiger partial charge >= 0.3 is 0 Å². The SMILES string of the molecule is CN(C)CCOc1ccc2c(ccc3onc([C@@H]4CCC(=O)CC4=O)c32)c1F. The van der Waals surface area contributed by atoms with Crippen molar-refractivity contribution in [3.8, 4) is 5.75 Å². The Morgan fingerprint density at radius 1 is 1.21 bits per heavy atom. The number of likely N-dealkylation sites (N-methyl/N-ethyl adjacent to an activating group) is 1. The van der Waals surface area contributed by atoms with E-state index >= 15 is 4.39 Å². The monoisotopic (exact) mass is 384 g/mol. The molecule has 4 rings (SSSR count). The molecule has 0 spiro atoms. The molecule has 1 aliphatic rings. The molecular weight excluding hydrogens is 363 g/mol. The fourth-order valence-corrected chi connectivity index (χ4v) is 3.66. The first-order valence-corrected chi connectivity index (χ1v) is 9.28. The van der Waals surface area contributed by atoms with E-state index in [1.54, 1.807) is 24.3 Å². The van der Waals surface area contributed by atoms with Crippen molar-refractivity contribution >= 4 is 33.3 Å². The van der Waals surface area contributed by atoms with E-state index in [1.165, 1.54) is 0 Å². The van der Waals surface area contributed by atoms with Crippen LogP contribution in [0.4, 0.5) is 4.39 Å². The van der Waals surface area contributed by atoms with Crippen molar-refractivity contribution in [3.05, 3.63) is 35.8 Å². The van der Waals surface area contributed by atoms with Crippen LogP contribution in [0.5, 0.6) is 5.75 Å². The predicted molar refractivity (Wildman–Crippen MR) is 102 cm³/mol. The second kappa shape index (κ2) is 7.31. The minimum atomic E-state index is -0.497. The molecule has 3 aromatic rings. The lowest BCUT2D eigenvalue weighted by atomic mass is 9.83. The molecule has 0 amide bonds. The molecule has 1 aliphatic carbocycles. The molecule has 0 saturated heterocycles. The number of halogens is 1. The lowest BCUT2D eigenvalue weighted by molar-refractivity contribution is -0.130. The Balaban J connectivity index is 1.77. The maximum Gasteiger partial charge on any atom is 0.172 e. The molecular formula is C21H21FN2O4. The summed E-state index contributed by atoms with van der Waals surface area (Å²) in [5.41, 5.74) is 0.978. The summed E-state index contributed by atoms with van der Waals surface area (Å²) in [6.07, 6.45) is 0.666. The topological polar surface area (TPSA) is 72.6 Å². The number of Topliss-reactive ketones (excluding diaryl/α,β-unsaturated/α-hetero) is 2. The number of hydrogen-bond donors (Lipinski definition) is 0. The number of benzene rings is 2. The molecule has 1 aromatic heterocycles. The van der Waals surface area contributed by atoms with Crippen LogP contribution in [-0.4, -0.2) is 48.9 Å². The highest BCUT2D eigenvalue weighted by Gasteiger charge is 2.32. The van der Waals surface area contributed by atoms with Crippen molar-refractivity contribution < 1.29 is 23.2 Å². The zero-order valence-electron chi connectivity index (χ0n) is 15.8. The summed E-state index contributed by atoms with van der Waals surface area (Å²) < 4.78 is 26.0. The third-order valence-corrected chi connectivity index (χ3v) is 5.16. The number of hydrogen-bond acceptors (Lipinski definition) is 6. The second-order valence-corrected chi connectivity index (χ2v) is 7.40. The molecule has 0 bridgehead atoms. The Morgan fingerprint density at radius 2 is 2.00 bits per heavy atom. The molecule has 0 N–H and O–H groups in total. The van der Waals surface area contributed by atoms with Gasteiger partial charge in [-0.05, 0) is 50.2 Å². The summed E-state index contributed by atoms with van der Waals surface area (Å²) >= 11 is 0. The van der Waals surface area contributed by atoms with E-state index in [-0.39, 0.29) is 23.7 Å². The van der Waals surface area contributed by atoms with Gasteiger partial charge in [-0.1, -0.05) is 5.16 Å². The third kappa shape index (κ3) is 3.26. The number of rotatable bonds is 5. The van der Waals surface area contributed by atoms with Gasteiger partial charge < -0.3 is 14.2 Å². The highest BCUT2D eigenvalue weighted by atomic mass is 19.1. The largest absolute Gasteiger partial charge is 0.489 e. The summed E-state index contributed by atoms with van der Waals surface area (Å²) in [5.74, 6) is -0.970. The standard InChI is InChI=1S/C21H21FN2O4/c1-24(2)9-10-27-18-8-5-13-14(20(18)22)6-7-17-19(13)21(23-28-17)15-4-3-12(25)11-16(15)26/h5-8,15H,3-4,9-11H2,1-2H3/t15-/m1/s1. The number of nitrogens with zero attached hydrogens (tertiary/aromatic N) is 2. The molecule has 28 heavy (non-hydrogen) atoms. The van der Waals surface area contributed by atoms with Crippen molar-refractivity contribution in [2.45, 2.75) is 25.2 Å². The first kappa shape index (κ1) is 18.6. The van der Waals surface area contributed by atoms with Crippen molar-refractivity contribution in [1.29, 1.82) is 0 Å². The zero-order valence-corrected chi connectivity index (χ0v) is 15.8. The minimum absolute atomic E-state index is 0.0514. The van der Waals surface area contributed by atoms with Crippen LogP contribution in [-0.2, 0) is 9.59 Å². The van der Waals surface area contributed by atoms with Crippen LogP contribution >= 0.6 is 0 Å². The van der Waals surface area contributed by atoms with Gasteiger partial charge in [0.15, 0.2) is 17.1 Å². The van der Waals surface area contributed by atoms with Crippen LogP contribution in [0.1, 0.15) is 30.9 Å². The number of ketones is 2. The molecule has 7 heteroatoms. The average molecular weight is 384 g/mol. The molecule has 6 nitrogen and oxygen atoms in total. The number of carbonyl (C=O) groups excluding carboxylic acids is 2. The van der Waals surface area contributed by atoms with Crippen LogP contribution in [0, 0.1) is 5.82 Å². The molecule has 1 heterocycles. The van der Waals surface area contributed by atoms with Gasteiger partial charge in [0, 0.05) is 18.4 Å². The van der Waals surface area contributed by atoms with Crippen LogP contribution in [0.3, 0.4) is 0 Å². The molecule has 1 atom stereocenters.